The molecule has 0 saturated heterocycles. The highest BCUT2D eigenvalue weighted by atomic mass is 16.2. The number of nitrogen functional groups attached to an aromatic ring is 1. The highest BCUT2D eigenvalue weighted by Crippen LogP contribution is 2.28. The van der Waals surface area contributed by atoms with Crippen LogP contribution in [0.25, 0.3) is 0 Å². The van der Waals surface area contributed by atoms with Crippen LogP contribution in [0.5, 0.6) is 0 Å². The SMILES string of the molecule is CCCN(Cc1ccccc1C(=O)NN)C1CC1. The predicted octanol–water partition coefficient (Wildman–Crippen LogP) is 1.66. The summed E-state index contributed by atoms with van der Waals surface area (Å²) in [7, 11) is 0. The number of hydrogen-bond acceptors (Lipinski definition) is 3. The third kappa shape index (κ3) is 3.09. The molecule has 3 N–H and O–H groups in total. The van der Waals surface area contributed by atoms with E-state index in [1.165, 1.54) is 12.8 Å². The molecule has 0 bridgehead atoms. The van der Waals surface area contributed by atoms with E-state index in [4.69, 9.17) is 5.84 Å². The molecule has 0 aliphatic heterocycles. The van der Waals surface area contributed by atoms with Crippen molar-refractivity contribution in [2.45, 2.75) is 38.8 Å². The summed E-state index contributed by atoms with van der Waals surface area (Å²) in [5.74, 6) is 5.01. The largest absolute Gasteiger partial charge is 0.296 e. The smallest absolute Gasteiger partial charge is 0.265 e. The van der Waals surface area contributed by atoms with Gasteiger partial charge in [0.2, 0.25) is 0 Å². The highest BCUT2D eigenvalue weighted by molar-refractivity contribution is 5.95. The molecule has 1 aliphatic carbocycles. The van der Waals surface area contributed by atoms with Gasteiger partial charge in [-0.15, -0.1) is 0 Å². The number of carbonyl (C=O) groups excluding carboxylic acids is 1. The van der Waals surface area contributed by atoms with Crippen LogP contribution < -0.4 is 11.3 Å². The Kier molecular flexibility index (Phi) is 4.33. The molecule has 1 aliphatic rings. The number of carbonyl (C=O) groups is 1. The summed E-state index contributed by atoms with van der Waals surface area (Å²) in [5, 5.41) is 0. The van der Waals surface area contributed by atoms with E-state index in [9.17, 15) is 4.79 Å². The number of rotatable bonds is 6. The number of nitrogens with zero attached hydrogens (tertiary/aromatic N) is 1. The van der Waals surface area contributed by atoms with E-state index in [1.54, 1.807) is 0 Å². The minimum Gasteiger partial charge on any atom is -0.296 e. The van der Waals surface area contributed by atoms with Crippen molar-refractivity contribution in [3.8, 4) is 0 Å². The molecule has 0 unspecified atom stereocenters. The maximum Gasteiger partial charge on any atom is 0.265 e. The second-order valence-electron chi connectivity index (χ2n) is 4.83. The highest BCUT2D eigenvalue weighted by Gasteiger charge is 2.28. The van der Waals surface area contributed by atoms with Crippen molar-refractivity contribution in [1.82, 2.24) is 10.3 Å². The number of hydrazine groups is 1. The first-order valence-corrected chi connectivity index (χ1v) is 6.59. The van der Waals surface area contributed by atoms with Crippen LogP contribution >= 0.6 is 0 Å². The molecule has 0 spiro atoms. The fourth-order valence-corrected chi connectivity index (χ4v) is 2.29. The summed E-state index contributed by atoms with van der Waals surface area (Å²) in [6, 6.07) is 8.39. The van der Waals surface area contributed by atoms with Gasteiger partial charge in [-0.3, -0.25) is 15.1 Å². The molecule has 1 saturated carbocycles. The van der Waals surface area contributed by atoms with E-state index in [2.05, 4.69) is 17.2 Å². The van der Waals surface area contributed by atoms with Crippen LogP contribution in [0.4, 0.5) is 0 Å². The Labute approximate surface area is 108 Å². The Hall–Kier alpha value is -1.39. The first-order valence-electron chi connectivity index (χ1n) is 6.59. The third-order valence-electron chi connectivity index (χ3n) is 3.34. The minimum atomic E-state index is -0.210. The molecule has 0 atom stereocenters. The topological polar surface area (TPSA) is 58.4 Å². The van der Waals surface area contributed by atoms with Gasteiger partial charge in [0.25, 0.3) is 5.91 Å². The molecule has 98 valence electrons. The van der Waals surface area contributed by atoms with E-state index in [0.717, 1.165) is 25.1 Å². The van der Waals surface area contributed by atoms with Crippen LogP contribution in [0.2, 0.25) is 0 Å². The molecule has 2 rings (SSSR count). The standard InChI is InChI=1S/C14H21N3O/c1-2-9-17(12-7-8-12)10-11-5-3-4-6-13(11)14(18)16-15/h3-6,12H,2,7-10,15H2,1H3,(H,16,18). The normalized spacial score (nSPS) is 14.8. The Morgan fingerprint density at radius 2 is 2.17 bits per heavy atom. The monoisotopic (exact) mass is 247 g/mol. The van der Waals surface area contributed by atoms with Crippen molar-refractivity contribution >= 4 is 5.91 Å². The van der Waals surface area contributed by atoms with Gasteiger partial charge in [-0.25, -0.2) is 5.84 Å². The second-order valence-corrected chi connectivity index (χ2v) is 4.83. The first kappa shape index (κ1) is 13.1. The number of hydrogen-bond donors (Lipinski definition) is 2. The summed E-state index contributed by atoms with van der Waals surface area (Å²) in [5.41, 5.74) is 3.95. The molecule has 1 amide bonds. The third-order valence-corrected chi connectivity index (χ3v) is 3.34. The molecule has 4 heteroatoms. The van der Waals surface area contributed by atoms with E-state index >= 15 is 0 Å². The summed E-state index contributed by atoms with van der Waals surface area (Å²) >= 11 is 0. The van der Waals surface area contributed by atoms with Crippen LogP contribution in [0.3, 0.4) is 0 Å². The Bertz CT molecular complexity index is 415. The zero-order valence-corrected chi connectivity index (χ0v) is 10.9. The lowest BCUT2D eigenvalue weighted by molar-refractivity contribution is 0.0951. The van der Waals surface area contributed by atoms with Crippen molar-refractivity contribution in [3.05, 3.63) is 35.4 Å². The van der Waals surface area contributed by atoms with Crippen molar-refractivity contribution in [1.29, 1.82) is 0 Å². The predicted molar refractivity (Wildman–Crippen MR) is 71.8 cm³/mol. The van der Waals surface area contributed by atoms with Crippen LogP contribution in [0.15, 0.2) is 24.3 Å². The second kappa shape index (κ2) is 5.98. The van der Waals surface area contributed by atoms with Crippen molar-refractivity contribution in [2.24, 2.45) is 5.84 Å². The number of benzene rings is 1. The van der Waals surface area contributed by atoms with Crippen LogP contribution in [-0.4, -0.2) is 23.4 Å². The molecular weight excluding hydrogens is 226 g/mol. The van der Waals surface area contributed by atoms with Gasteiger partial charge < -0.3 is 0 Å². The van der Waals surface area contributed by atoms with Crippen LogP contribution in [-0.2, 0) is 6.54 Å². The van der Waals surface area contributed by atoms with Crippen molar-refractivity contribution in [3.63, 3.8) is 0 Å². The average molecular weight is 247 g/mol. The molecule has 1 aromatic carbocycles. The number of amides is 1. The molecule has 4 nitrogen and oxygen atoms in total. The van der Waals surface area contributed by atoms with Gasteiger partial charge in [-0.05, 0) is 37.4 Å². The molecule has 0 aromatic heterocycles. The molecule has 0 radical (unpaired) electrons. The van der Waals surface area contributed by atoms with Crippen LogP contribution in [0, 0.1) is 0 Å². The average Bonchev–Trinajstić information content (AvgIpc) is 3.22. The van der Waals surface area contributed by atoms with Gasteiger partial charge in [0.15, 0.2) is 0 Å². The van der Waals surface area contributed by atoms with Crippen LogP contribution in [0.1, 0.15) is 42.1 Å². The summed E-state index contributed by atoms with van der Waals surface area (Å²) in [6.07, 6.45) is 3.71. The van der Waals surface area contributed by atoms with Gasteiger partial charge >= 0.3 is 0 Å². The van der Waals surface area contributed by atoms with Gasteiger partial charge in [0.1, 0.15) is 0 Å². The molecule has 18 heavy (non-hydrogen) atoms. The quantitative estimate of drug-likeness (QED) is 0.456. The molecule has 1 aromatic rings. The lowest BCUT2D eigenvalue weighted by Crippen LogP contribution is -2.32. The number of nitrogens with two attached hydrogens (primary N) is 1. The molecular formula is C14H21N3O. The Morgan fingerprint density at radius 3 is 2.78 bits per heavy atom. The molecule has 0 heterocycles. The van der Waals surface area contributed by atoms with Gasteiger partial charge in [-0.1, -0.05) is 25.1 Å². The summed E-state index contributed by atoms with van der Waals surface area (Å²) < 4.78 is 0. The fourth-order valence-electron chi connectivity index (χ4n) is 2.29. The summed E-state index contributed by atoms with van der Waals surface area (Å²) in [4.78, 5) is 14.2. The van der Waals surface area contributed by atoms with Gasteiger partial charge in [0, 0.05) is 18.2 Å². The zero-order chi connectivity index (χ0) is 13.0. The fraction of sp³-hybridized carbons (Fsp3) is 0.500. The minimum absolute atomic E-state index is 0.210. The lowest BCUT2D eigenvalue weighted by atomic mass is 10.1. The van der Waals surface area contributed by atoms with E-state index < -0.39 is 0 Å². The van der Waals surface area contributed by atoms with Gasteiger partial charge in [0.05, 0.1) is 0 Å². The Morgan fingerprint density at radius 1 is 1.44 bits per heavy atom. The van der Waals surface area contributed by atoms with E-state index in [-0.39, 0.29) is 5.91 Å². The van der Waals surface area contributed by atoms with Crippen molar-refractivity contribution in [2.75, 3.05) is 6.54 Å². The van der Waals surface area contributed by atoms with E-state index in [1.807, 2.05) is 24.3 Å². The molecule has 1 fully saturated rings. The van der Waals surface area contributed by atoms with Gasteiger partial charge in [-0.2, -0.15) is 0 Å². The maximum atomic E-state index is 11.7. The summed E-state index contributed by atoms with van der Waals surface area (Å²) in [6.45, 7) is 4.11. The lowest BCUT2D eigenvalue weighted by Gasteiger charge is -2.22. The first-order chi connectivity index (χ1) is 8.76. The van der Waals surface area contributed by atoms with Crippen molar-refractivity contribution < 1.29 is 4.79 Å². The maximum absolute atomic E-state index is 11.7. The zero-order valence-electron chi connectivity index (χ0n) is 10.9. The Balaban J connectivity index is 2.13. The number of nitrogens with one attached hydrogen (secondary N) is 1. The van der Waals surface area contributed by atoms with E-state index in [0.29, 0.717) is 11.6 Å².